The van der Waals surface area contributed by atoms with Gasteiger partial charge in [0.2, 0.25) is 5.13 Å². The van der Waals surface area contributed by atoms with Crippen LogP contribution in [0.15, 0.2) is 29.5 Å². The summed E-state index contributed by atoms with van der Waals surface area (Å²) in [6.07, 6.45) is 3.47. The molecule has 0 bridgehead atoms. The highest BCUT2D eigenvalue weighted by Crippen LogP contribution is 2.23. The molecule has 1 aromatic carbocycles. The first kappa shape index (κ1) is 17.7. The van der Waals surface area contributed by atoms with Crippen molar-refractivity contribution in [2.24, 2.45) is 5.10 Å². The number of esters is 1. The van der Waals surface area contributed by atoms with Crippen molar-refractivity contribution < 1.29 is 19.0 Å². The summed E-state index contributed by atoms with van der Waals surface area (Å²) in [5, 5.41) is 4.74. The van der Waals surface area contributed by atoms with Gasteiger partial charge in [0.1, 0.15) is 11.5 Å². The number of hydrogen-bond acceptors (Lipinski definition) is 8. The van der Waals surface area contributed by atoms with Gasteiger partial charge in [-0.2, -0.15) is 5.10 Å². The van der Waals surface area contributed by atoms with Crippen molar-refractivity contribution >= 4 is 28.7 Å². The van der Waals surface area contributed by atoms with Gasteiger partial charge in [0.15, 0.2) is 0 Å². The number of rotatable bonds is 8. The highest BCUT2D eigenvalue weighted by atomic mass is 32.1. The number of nitrogens with zero attached hydrogens (tertiary/aromatic N) is 2. The van der Waals surface area contributed by atoms with E-state index in [-0.39, 0.29) is 12.4 Å². The van der Waals surface area contributed by atoms with E-state index in [0.29, 0.717) is 23.2 Å². The molecule has 0 saturated carbocycles. The molecule has 1 aromatic heterocycles. The van der Waals surface area contributed by atoms with Gasteiger partial charge in [-0.25, -0.2) is 4.98 Å². The quantitative estimate of drug-likeness (QED) is 0.448. The highest BCUT2D eigenvalue weighted by Gasteiger charge is 2.08. The molecule has 0 amide bonds. The van der Waals surface area contributed by atoms with Crippen LogP contribution in [0.4, 0.5) is 5.13 Å². The van der Waals surface area contributed by atoms with Crippen LogP contribution in [-0.2, 0) is 16.0 Å². The number of hydrogen-bond donors (Lipinski definition) is 1. The lowest BCUT2D eigenvalue weighted by atomic mass is 10.2. The van der Waals surface area contributed by atoms with E-state index >= 15 is 0 Å². The van der Waals surface area contributed by atoms with Crippen LogP contribution < -0.4 is 14.9 Å². The number of anilines is 1. The van der Waals surface area contributed by atoms with Crippen molar-refractivity contribution in [3.63, 3.8) is 0 Å². The van der Waals surface area contributed by atoms with E-state index in [1.54, 1.807) is 39.6 Å². The Bertz CT molecular complexity index is 715. The molecule has 0 atom stereocenters. The van der Waals surface area contributed by atoms with Gasteiger partial charge in [-0.1, -0.05) is 11.3 Å². The van der Waals surface area contributed by atoms with Crippen molar-refractivity contribution in [3.05, 3.63) is 34.8 Å². The number of nitrogens with one attached hydrogen (secondary N) is 1. The van der Waals surface area contributed by atoms with Crippen molar-refractivity contribution in [3.8, 4) is 11.5 Å². The molecule has 7 nitrogen and oxygen atoms in total. The molecule has 1 N–H and O–H groups in total. The molecule has 0 fully saturated rings. The first-order chi connectivity index (χ1) is 11.7. The summed E-state index contributed by atoms with van der Waals surface area (Å²) in [6.45, 7) is 2.15. The fourth-order valence-electron chi connectivity index (χ4n) is 1.88. The number of benzene rings is 1. The summed E-state index contributed by atoms with van der Waals surface area (Å²) in [7, 11) is 3.18. The summed E-state index contributed by atoms with van der Waals surface area (Å²) in [5.41, 5.74) is 3.64. The van der Waals surface area contributed by atoms with E-state index in [0.717, 1.165) is 10.4 Å². The van der Waals surface area contributed by atoms with Crippen LogP contribution in [0.3, 0.4) is 0 Å². The third-order valence-electron chi connectivity index (χ3n) is 2.98. The van der Waals surface area contributed by atoms with E-state index in [4.69, 9.17) is 14.2 Å². The van der Waals surface area contributed by atoms with Crippen LogP contribution in [0.5, 0.6) is 11.5 Å². The predicted molar refractivity (Wildman–Crippen MR) is 93.2 cm³/mol. The second kappa shape index (κ2) is 8.88. The molecule has 8 heteroatoms. The minimum atomic E-state index is -0.265. The Balaban J connectivity index is 1.97. The van der Waals surface area contributed by atoms with E-state index in [1.807, 2.05) is 12.1 Å². The lowest BCUT2D eigenvalue weighted by Crippen LogP contribution is -2.06. The van der Waals surface area contributed by atoms with Crippen molar-refractivity contribution in [1.29, 1.82) is 0 Å². The van der Waals surface area contributed by atoms with Crippen LogP contribution in [0.1, 0.15) is 17.4 Å². The smallest absolute Gasteiger partial charge is 0.311 e. The molecule has 1 heterocycles. The Labute approximate surface area is 144 Å². The average molecular weight is 349 g/mol. The second-order valence-electron chi connectivity index (χ2n) is 4.59. The number of ether oxygens (including phenoxy) is 3. The van der Waals surface area contributed by atoms with E-state index in [9.17, 15) is 4.79 Å². The van der Waals surface area contributed by atoms with Crippen LogP contribution in [0.25, 0.3) is 0 Å². The maximum atomic E-state index is 11.4. The molecule has 2 rings (SSSR count). The molecule has 0 aliphatic carbocycles. The van der Waals surface area contributed by atoms with Gasteiger partial charge >= 0.3 is 5.97 Å². The summed E-state index contributed by atoms with van der Waals surface area (Å²) in [4.78, 5) is 16.4. The number of methoxy groups -OCH3 is 2. The zero-order valence-corrected chi connectivity index (χ0v) is 14.6. The summed E-state index contributed by atoms with van der Waals surface area (Å²) >= 11 is 1.35. The average Bonchev–Trinajstić information content (AvgIpc) is 3.02. The Hall–Kier alpha value is -2.61. The monoisotopic (exact) mass is 349 g/mol. The fourth-order valence-corrected chi connectivity index (χ4v) is 2.62. The van der Waals surface area contributed by atoms with E-state index in [2.05, 4.69) is 15.5 Å². The zero-order valence-electron chi connectivity index (χ0n) is 13.7. The first-order valence-electron chi connectivity index (χ1n) is 7.27. The third kappa shape index (κ3) is 4.95. The zero-order chi connectivity index (χ0) is 17.4. The molecule has 128 valence electrons. The van der Waals surface area contributed by atoms with Gasteiger partial charge in [-0.15, -0.1) is 0 Å². The molecule has 24 heavy (non-hydrogen) atoms. The van der Waals surface area contributed by atoms with Crippen LogP contribution >= 0.6 is 11.3 Å². The molecular weight excluding hydrogens is 330 g/mol. The Morgan fingerprint density at radius 3 is 2.92 bits per heavy atom. The molecule has 0 aliphatic heterocycles. The van der Waals surface area contributed by atoms with Gasteiger partial charge < -0.3 is 14.2 Å². The topological polar surface area (TPSA) is 82.0 Å². The standard InChI is InChI=1S/C16H19N3O4S/c1-4-23-15(20)8-13-10-17-16(24-13)19-18-9-11-5-6-12(21-2)7-14(11)22-3/h5-7,9-10H,4,8H2,1-3H3,(H,17,19)/b18-9+. The molecular formula is C16H19N3O4S. The predicted octanol–water partition coefficient (Wildman–Crippen LogP) is 2.71. The molecule has 0 saturated heterocycles. The number of aromatic nitrogens is 1. The van der Waals surface area contributed by atoms with Crippen molar-refractivity contribution in [2.75, 3.05) is 26.3 Å². The molecule has 0 unspecified atom stereocenters. The number of carbonyl (C=O) groups is 1. The van der Waals surface area contributed by atoms with Gasteiger partial charge in [-0.05, 0) is 19.1 Å². The van der Waals surface area contributed by atoms with Gasteiger partial charge in [0, 0.05) is 22.7 Å². The Kier molecular flexibility index (Phi) is 6.56. The Morgan fingerprint density at radius 1 is 1.38 bits per heavy atom. The number of thiazole rings is 1. The lowest BCUT2D eigenvalue weighted by molar-refractivity contribution is -0.142. The minimum Gasteiger partial charge on any atom is -0.497 e. The number of hydrazone groups is 1. The fraction of sp³-hybridized carbons (Fsp3) is 0.312. The highest BCUT2D eigenvalue weighted by molar-refractivity contribution is 7.15. The summed E-state index contributed by atoms with van der Waals surface area (Å²) < 4.78 is 15.4. The van der Waals surface area contributed by atoms with E-state index < -0.39 is 0 Å². The lowest BCUT2D eigenvalue weighted by Gasteiger charge is -2.06. The third-order valence-corrected chi connectivity index (χ3v) is 3.88. The van der Waals surface area contributed by atoms with Crippen LogP contribution in [0, 0.1) is 0 Å². The number of carbonyl (C=O) groups excluding carboxylic acids is 1. The normalized spacial score (nSPS) is 10.6. The van der Waals surface area contributed by atoms with Crippen molar-refractivity contribution in [1.82, 2.24) is 4.98 Å². The van der Waals surface area contributed by atoms with Crippen molar-refractivity contribution in [2.45, 2.75) is 13.3 Å². The summed E-state index contributed by atoms with van der Waals surface area (Å²) in [6, 6.07) is 5.45. The molecule has 0 aliphatic rings. The largest absolute Gasteiger partial charge is 0.497 e. The van der Waals surface area contributed by atoms with Gasteiger partial charge in [0.25, 0.3) is 0 Å². The molecule has 2 aromatic rings. The molecule has 0 radical (unpaired) electrons. The van der Waals surface area contributed by atoms with Gasteiger partial charge in [-0.3, -0.25) is 10.2 Å². The van der Waals surface area contributed by atoms with Gasteiger partial charge in [0.05, 0.1) is 33.5 Å². The second-order valence-corrected chi connectivity index (χ2v) is 5.71. The van der Waals surface area contributed by atoms with Crippen LogP contribution in [0.2, 0.25) is 0 Å². The Morgan fingerprint density at radius 2 is 2.21 bits per heavy atom. The minimum absolute atomic E-state index is 0.212. The first-order valence-corrected chi connectivity index (χ1v) is 8.09. The summed E-state index contributed by atoms with van der Waals surface area (Å²) in [5.74, 6) is 1.10. The van der Waals surface area contributed by atoms with E-state index in [1.165, 1.54) is 11.3 Å². The SMILES string of the molecule is CCOC(=O)Cc1cnc(N/N=C/c2ccc(OC)cc2OC)s1. The molecule has 0 spiro atoms. The van der Waals surface area contributed by atoms with Crippen LogP contribution in [-0.4, -0.2) is 38.0 Å². The maximum Gasteiger partial charge on any atom is 0.311 e. The maximum absolute atomic E-state index is 11.4.